The van der Waals surface area contributed by atoms with Crippen molar-refractivity contribution in [2.45, 2.75) is 19.4 Å². The smallest absolute Gasteiger partial charge is 0.315 e. The van der Waals surface area contributed by atoms with E-state index in [1.807, 2.05) is 41.2 Å². The van der Waals surface area contributed by atoms with Gasteiger partial charge >= 0.3 is 6.03 Å². The SMILES string of the molecule is O=C(NCCCCN1CCN(c2ccccc2)CC1)NCc1cccc(-n2cccn2)c1. The van der Waals surface area contributed by atoms with Crippen LogP contribution in [0.5, 0.6) is 0 Å². The quantitative estimate of drug-likeness (QED) is 0.510. The van der Waals surface area contributed by atoms with Crippen LogP contribution in [-0.4, -0.2) is 60.0 Å². The van der Waals surface area contributed by atoms with Crippen LogP contribution in [0.2, 0.25) is 0 Å². The van der Waals surface area contributed by atoms with Crippen LogP contribution >= 0.6 is 0 Å². The van der Waals surface area contributed by atoms with E-state index in [1.54, 1.807) is 6.20 Å². The van der Waals surface area contributed by atoms with E-state index in [0.717, 1.165) is 56.8 Å². The van der Waals surface area contributed by atoms with Crippen molar-refractivity contribution >= 4 is 11.7 Å². The number of carbonyl (C=O) groups is 1. The second-order valence-electron chi connectivity index (χ2n) is 8.10. The number of nitrogens with zero attached hydrogens (tertiary/aromatic N) is 4. The lowest BCUT2D eigenvalue weighted by atomic mass is 10.2. The third-order valence-corrected chi connectivity index (χ3v) is 5.81. The van der Waals surface area contributed by atoms with Gasteiger partial charge in [0, 0.05) is 57.3 Å². The van der Waals surface area contributed by atoms with Crippen LogP contribution in [0, 0.1) is 0 Å². The van der Waals surface area contributed by atoms with E-state index in [-0.39, 0.29) is 6.03 Å². The van der Waals surface area contributed by atoms with Crippen LogP contribution in [0.4, 0.5) is 10.5 Å². The lowest BCUT2D eigenvalue weighted by molar-refractivity contribution is 0.238. The number of rotatable bonds is 9. The summed E-state index contributed by atoms with van der Waals surface area (Å²) in [5.41, 5.74) is 3.34. The summed E-state index contributed by atoms with van der Waals surface area (Å²) in [5.74, 6) is 0. The number of aromatic nitrogens is 2. The molecule has 0 saturated carbocycles. The van der Waals surface area contributed by atoms with Crippen molar-refractivity contribution in [3.8, 4) is 5.69 Å². The van der Waals surface area contributed by atoms with Gasteiger partial charge in [-0.3, -0.25) is 4.90 Å². The minimum Gasteiger partial charge on any atom is -0.369 e. The molecule has 3 aromatic rings. The highest BCUT2D eigenvalue weighted by Gasteiger charge is 2.16. The van der Waals surface area contributed by atoms with Gasteiger partial charge in [-0.05, 0) is 55.3 Å². The Morgan fingerprint density at radius 2 is 1.69 bits per heavy atom. The fourth-order valence-corrected chi connectivity index (χ4v) is 4.01. The molecule has 0 atom stereocenters. The van der Waals surface area contributed by atoms with Gasteiger partial charge in [0.15, 0.2) is 0 Å². The highest BCUT2D eigenvalue weighted by molar-refractivity contribution is 5.73. The van der Waals surface area contributed by atoms with Gasteiger partial charge in [-0.15, -0.1) is 0 Å². The van der Waals surface area contributed by atoms with Crippen molar-refractivity contribution in [2.24, 2.45) is 0 Å². The van der Waals surface area contributed by atoms with Crippen LogP contribution in [0.15, 0.2) is 73.1 Å². The third-order valence-electron chi connectivity index (χ3n) is 5.81. The fraction of sp³-hybridized carbons (Fsp3) is 0.360. The second-order valence-corrected chi connectivity index (χ2v) is 8.10. The zero-order valence-electron chi connectivity index (χ0n) is 18.5. The van der Waals surface area contributed by atoms with Crippen molar-refractivity contribution < 1.29 is 4.79 Å². The van der Waals surface area contributed by atoms with Crippen LogP contribution in [0.25, 0.3) is 5.69 Å². The van der Waals surface area contributed by atoms with Crippen LogP contribution in [0.3, 0.4) is 0 Å². The highest BCUT2D eigenvalue weighted by Crippen LogP contribution is 2.15. The Kier molecular flexibility index (Phi) is 7.76. The molecule has 168 valence electrons. The van der Waals surface area contributed by atoms with E-state index in [1.165, 1.54) is 5.69 Å². The summed E-state index contributed by atoms with van der Waals surface area (Å²) >= 11 is 0. The van der Waals surface area contributed by atoms with Crippen molar-refractivity contribution in [1.29, 1.82) is 0 Å². The maximum absolute atomic E-state index is 12.1. The van der Waals surface area contributed by atoms with Crippen molar-refractivity contribution in [2.75, 3.05) is 44.2 Å². The van der Waals surface area contributed by atoms with Gasteiger partial charge in [0.1, 0.15) is 0 Å². The standard InChI is InChI=1S/C25H32N6O/c32-25(27-21-22-8-6-11-24(20-22)31-15-7-13-28-31)26-12-4-5-14-29-16-18-30(19-17-29)23-9-2-1-3-10-23/h1-3,6-11,13,15,20H,4-5,12,14,16-19,21H2,(H2,26,27,32). The molecule has 2 aromatic carbocycles. The maximum Gasteiger partial charge on any atom is 0.315 e. The van der Waals surface area contributed by atoms with E-state index in [9.17, 15) is 4.79 Å². The molecule has 0 spiro atoms. The van der Waals surface area contributed by atoms with Crippen molar-refractivity contribution in [3.05, 3.63) is 78.6 Å². The van der Waals surface area contributed by atoms with Crippen LogP contribution in [0.1, 0.15) is 18.4 Å². The number of anilines is 1. The lowest BCUT2D eigenvalue weighted by Gasteiger charge is -2.36. The van der Waals surface area contributed by atoms with Gasteiger partial charge in [-0.25, -0.2) is 9.48 Å². The first kappa shape index (κ1) is 21.9. The molecule has 7 nitrogen and oxygen atoms in total. The second kappa shape index (κ2) is 11.3. The summed E-state index contributed by atoms with van der Waals surface area (Å²) in [6.07, 6.45) is 5.74. The van der Waals surface area contributed by atoms with Crippen molar-refractivity contribution in [1.82, 2.24) is 25.3 Å². The average Bonchev–Trinajstić information content (AvgIpc) is 3.39. The Bertz CT molecular complexity index is 952. The molecule has 0 unspecified atom stereocenters. The topological polar surface area (TPSA) is 65.4 Å². The van der Waals surface area contributed by atoms with Crippen molar-refractivity contribution in [3.63, 3.8) is 0 Å². The van der Waals surface area contributed by atoms with Gasteiger partial charge in [-0.2, -0.15) is 5.10 Å². The molecule has 1 saturated heterocycles. The number of piperazine rings is 1. The number of benzene rings is 2. The summed E-state index contributed by atoms with van der Waals surface area (Å²) < 4.78 is 1.81. The molecule has 1 aromatic heterocycles. The number of unbranched alkanes of at least 4 members (excludes halogenated alkanes) is 1. The average molecular weight is 433 g/mol. The molecule has 0 aliphatic carbocycles. The summed E-state index contributed by atoms with van der Waals surface area (Å²) in [6, 6.07) is 20.4. The first-order valence-electron chi connectivity index (χ1n) is 11.4. The number of amides is 2. The minimum atomic E-state index is -0.119. The Morgan fingerprint density at radius 3 is 2.47 bits per heavy atom. The molecule has 0 bridgehead atoms. The van der Waals surface area contributed by atoms with Gasteiger partial charge in [0.2, 0.25) is 0 Å². The van der Waals surface area contributed by atoms with Gasteiger partial charge in [-0.1, -0.05) is 30.3 Å². The first-order valence-corrected chi connectivity index (χ1v) is 11.4. The minimum absolute atomic E-state index is 0.119. The van der Waals surface area contributed by atoms with Gasteiger partial charge in [0.25, 0.3) is 0 Å². The molecule has 0 radical (unpaired) electrons. The van der Waals surface area contributed by atoms with Crippen LogP contribution in [-0.2, 0) is 6.54 Å². The summed E-state index contributed by atoms with van der Waals surface area (Å²) in [4.78, 5) is 17.1. The molecule has 32 heavy (non-hydrogen) atoms. The van der Waals surface area contributed by atoms with Gasteiger partial charge in [0.05, 0.1) is 5.69 Å². The van der Waals surface area contributed by atoms with E-state index < -0.39 is 0 Å². The monoisotopic (exact) mass is 432 g/mol. The number of hydrogen-bond acceptors (Lipinski definition) is 4. The number of nitrogens with one attached hydrogen (secondary N) is 2. The van der Waals surface area contributed by atoms with E-state index >= 15 is 0 Å². The maximum atomic E-state index is 12.1. The highest BCUT2D eigenvalue weighted by atomic mass is 16.2. The molecule has 2 heterocycles. The van der Waals surface area contributed by atoms with Crippen LogP contribution < -0.4 is 15.5 Å². The number of carbonyl (C=O) groups excluding carboxylic acids is 1. The Labute approximate surface area is 190 Å². The van der Waals surface area contributed by atoms with Gasteiger partial charge < -0.3 is 15.5 Å². The Morgan fingerprint density at radius 1 is 0.875 bits per heavy atom. The largest absolute Gasteiger partial charge is 0.369 e. The third kappa shape index (κ3) is 6.34. The summed E-state index contributed by atoms with van der Waals surface area (Å²) in [6.45, 7) is 6.63. The molecule has 4 rings (SSSR count). The zero-order chi connectivity index (χ0) is 22.0. The lowest BCUT2D eigenvalue weighted by Crippen LogP contribution is -2.46. The van der Waals surface area contributed by atoms with E-state index in [0.29, 0.717) is 13.1 Å². The number of urea groups is 1. The predicted octanol–water partition coefficient (Wildman–Crippen LogP) is 3.27. The number of hydrogen-bond donors (Lipinski definition) is 2. The normalized spacial score (nSPS) is 14.3. The molecule has 2 N–H and O–H groups in total. The molecule has 1 aliphatic heterocycles. The summed E-state index contributed by atoms with van der Waals surface area (Å²) in [5, 5.41) is 10.1. The molecule has 1 aliphatic rings. The van der Waals surface area contributed by atoms with E-state index in [4.69, 9.17) is 0 Å². The number of para-hydroxylation sites is 1. The predicted molar refractivity (Wildman–Crippen MR) is 128 cm³/mol. The molecule has 7 heteroatoms. The molecular formula is C25H32N6O. The molecular weight excluding hydrogens is 400 g/mol. The fourth-order valence-electron chi connectivity index (χ4n) is 4.01. The summed E-state index contributed by atoms with van der Waals surface area (Å²) in [7, 11) is 0. The first-order chi connectivity index (χ1) is 15.8. The Hall–Kier alpha value is -3.32. The molecule has 2 amide bonds. The Balaban J connectivity index is 1.07. The molecule has 1 fully saturated rings. The van der Waals surface area contributed by atoms with E-state index in [2.05, 4.69) is 55.9 Å². The zero-order valence-corrected chi connectivity index (χ0v) is 18.5.